The molecule has 28 heavy (non-hydrogen) atoms. The number of carbonyl (C=O) groups excluding carboxylic acids is 3. The average Bonchev–Trinajstić information content (AvgIpc) is 2.72. The van der Waals surface area contributed by atoms with Crippen LogP contribution in [0.5, 0.6) is 0 Å². The number of ether oxygens (including phenoxy) is 1. The Labute approximate surface area is 163 Å². The lowest BCUT2D eigenvalue weighted by molar-refractivity contribution is 0.0837. The van der Waals surface area contributed by atoms with E-state index >= 15 is 0 Å². The topological polar surface area (TPSA) is 106 Å². The van der Waals surface area contributed by atoms with Gasteiger partial charge in [0.05, 0.1) is 19.8 Å². The fourth-order valence-electron chi connectivity index (χ4n) is 2.50. The number of nitrogens with zero attached hydrogens (tertiary/aromatic N) is 1. The van der Waals surface area contributed by atoms with Crippen molar-refractivity contribution >= 4 is 17.5 Å². The summed E-state index contributed by atoms with van der Waals surface area (Å²) in [5.74, 6) is -0.517. The number of amides is 1. The van der Waals surface area contributed by atoms with Crippen LogP contribution in [0.1, 0.15) is 50.2 Å². The molecular weight excluding hydrogens is 360 g/mol. The van der Waals surface area contributed by atoms with Crippen molar-refractivity contribution in [2.75, 3.05) is 26.4 Å². The minimum absolute atomic E-state index is 0.0455. The van der Waals surface area contributed by atoms with Crippen molar-refractivity contribution in [2.24, 2.45) is 0 Å². The summed E-state index contributed by atoms with van der Waals surface area (Å²) in [5, 5.41) is 11.3. The molecule has 2 rings (SSSR count). The number of rotatable bonds is 11. The molecule has 2 aromatic rings. The van der Waals surface area contributed by atoms with Crippen molar-refractivity contribution < 1.29 is 24.2 Å². The molecule has 1 heterocycles. The first-order valence-corrected chi connectivity index (χ1v) is 9.08. The molecule has 1 aromatic carbocycles. The van der Waals surface area contributed by atoms with Gasteiger partial charge < -0.3 is 15.2 Å². The molecule has 0 radical (unpaired) electrons. The molecule has 0 atom stereocenters. The van der Waals surface area contributed by atoms with E-state index in [0.29, 0.717) is 25.1 Å². The highest BCUT2D eigenvalue weighted by molar-refractivity contribution is 5.97. The molecule has 0 aliphatic heterocycles. The second-order valence-corrected chi connectivity index (χ2v) is 6.18. The number of Topliss-reactive ketones (excluding diaryl/α,β-unsaturated/α-hetero) is 2. The second kappa shape index (κ2) is 11.1. The molecule has 0 saturated carbocycles. The van der Waals surface area contributed by atoms with Gasteiger partial charge in [-0.2, -0.15) is 0 Å². The number of nitrogens with one attached hydrogen (secondary N) is 1. The third-order valence-electron chi connectivity index (χ3n) is 4.02. The van der Waals surface area contributed by atoms with Crippen LogP contribution in [0, 0.1) is 0 Å². The molecule has 7 heteroatoms. The maximum atomic E-state index is 12.3. The molecule has 148 valence electrons. The van der Waals surface area contributed by atoms with Crippen molar-refractivity contribution in [1.29, 1.82) is 0 Å². The van der Waals surface area contributed by atoms with Gasteiger partial charge in [-0.05, 0) is 36.2 Å². The molecule has 0 saturated heterocycles. The predicted octanol–water partition coefficient (Wildman–Crippen LogP) is 1.84. The Morgan fingerprint density at radius 3 is 2.43 bits per heavy atom. The standard InChI is InChI=1S/C21H24N2O5/c1-15(25)18-3-2-4-19(23-18)20(26)10-7-16-5-8-17(9-6-16)21(27)22-11-13-28-14-12-24/h2-6,8-9,24H,7,10-14H2,1H3,(H,22,27). The highest BCUT2D eigenvalue weighted by atomic mass is 16.5. The number of aryl methyl sites for hydroxylation is 1. The Morgan fingerprint density at radius 2 is 1.75 bits per heavy atom. The predicted molar refractivity (Wildman–Crippen MR) is 104 cm³/mol. The molecule has 1 aromatic heterocycles. The summed E-state index contributed by atoms with van der Waals surface area (Å²) >= 11 is 0. The zero-order valence-corrected chi connectivity index (χ0v) is 15.8. The smallest absolute Gasteiger partial charge is 0.251 e. The number of benzene rings is 1. The van der Waals surface area contributed by atoms with Gasteiger partial charge in [-0.1, -0.05) is 18.2 Å². The number of aromatic nitrogens is 1. The monoisotopic (exact) mass is 384 g/mol. The fraction of sp³-hybridized carbons (Fsp3) is 0.333. The molecule has 0 bridgehead atoms. The quantitative estimate of drug-likeness (QED) is 0.452. The first-order chi connectivity index (χ1) is 13.5. The van der Waals surface area contributed by atoms with Gasteiger partial charge in [-0.25, -0.2) is 4.98 Å². The second-order valence-electron chi connectivity index (χ2n) is 6.18. The van der Waals surface area contributed by atoms with E-state index in [1.54, 1.807) is 30.3 Å². The number of aliphatic hydroxyl groups excluding tert-OH is 1. The van der Waals surface area contributed by atoms with Gasteiger partial charge in [0.1, 0.15) is 11.4 Å². The van der Waals surface area contributed by atoms with Crippen LogP contribution in [0.25, 0.3) is 0 Å². The lowest BCUT2D eigenvalue weighted by atomic mass is 10.0. The summed E-state index contributed by atoms with van der Waals surface area (Å²) in [6.45, 7) is 2.32. The molecule has 0 unspecified atom stereocenters. The maximum Gasteiger partial charge on any atom is 0.251 e. The van der Waals surface area contributed by atoms with Crippen LogP contribution < -0.4 is 5.32 Å². The van der Waals surface area contributed by atoms with Crippen LogP contribution in [0.15, 0.2) is 42.5 Å². The maximum absolute atomic E-state index is 12.3. The molecule has 0 spiro atoms. The largest absolute Gasteiger partial charge is 0.394 e. The van der Waals surface area contributed by atoms with Gasteiger partial charge in [0, 0.05) is 25.5 Å². The van der Waals surface area contributed by atoms with E-state index in [1.165, 1.54) is 6.92 Å². The van der Waals surface area contributed by atoms with Gasteiger partial charge in [0.2, 0.25) is 0 Å². The van der Waals surface area contributed by atoms with E-state index < -0.39 is 0 Å². The van der Waals surface area contributed by atoms with Crippen molar-refractivity contribution in [3.05, 3.63) is 65.0 Å². The van der Waals surface area contributed by atoms with Crippen molar-refractivity contribution in [3.63, 3.8) is 0 Å². The lowest BCUT2D eigenvalue weighted by Gasteiger charge is -2.07. The Bertz CT molecular complexity index is 818. The third kappa shape index (κ3) is 6.68. The SMILES string of the molecule is CC(=O)c1cccc(C(=O)CCc2ccc(C(=O)NCCOCCO)cc2)n1. The molecule has 0 aliphatic rings. The summed E-state index contributed by atoms with van der Waals surface area (Å²) in [4.78, 5) is 39.8. The van der Waals surface area contributed by atoms with Crippen LogP contribution in [-0.4, -0.2) is 53.9 Å². The average molecular weight is 384 g/mol. The lowest BCUT2D eigenvalue weighted by Crippen LogP contribution is -2.27. The highest BCUT2D eigenvalue weighted by Gasteiger charge is 2.11. The zero-order valence-electron chi connectivity index (χ0n) is 15.8. The Morgan fingerprint density at radius 1 is 1.04 bits per heavy atom. The van der Waals surface area contributed by atoms with Gasteiger partial charge >= 0.3 is 0 Å². The van der Waals surface area contributed by atoms with Crippen LogP contribution in [0.2, 0.25) is 0 Å². The Hall–Kier alpha value is -2.90. The van der Waals surface area contributed by atoms with Crippen LogP contribution >= 0.6 is 0 Å². The molecule has 1 amide bonds. The zero-order chi connectivity index (χ0) is 20.4. The van der Waals surface area contributed by atoms with Crippen LogP contribution in [0.3, 0.4) is 0 Å². The van der Waals surface area contributed by atoms with Gasteiger partial charge in [-0.3, -0.25) is 14.4 Å². The summed E-state index contributed by atoms with van der Waals surface area (Å²) in [6, 6.07) is 11.9. The summed E-state index contributed by atoms with van der Waals surface area (Å²) in [6.07, 6.45) is 0.782. The van der Waals surface area contributed by atoms with Crippen molar-refractivity contribution in [3.8, 4) is 0 Å². The van der Waals surface area contributed by atoms with Gasteiger partial charge in [-0.15, -0.1) is 0 Å². The van der Waals surface area contributed by atoms with Crippen molar-refractivity contribution in [2.45, 2.75) is 19.8 Å². The van der Waals surface area contributed by atoms with E-state index in [-0.39, 0.29) is 48.5 Å². The normalized spacial score (nSPS) is 10.5. The first kappa shape index (κ1) is 21.4. The number of carbonyl (C=O) groups is 3. The van der Waals surface area contributed by atoms with E-state index in [2.05, 4.69) is 10.3 Å². The molecular formula is C21H24N2O5. The first-order valence-electron chi connectivity index (χ1n) is 9.08. The van der Waals surface area contributed by atoms with Gasteiger partial charge in [0.15, 0.2) is 11.6 Å². The number of aliphatic hydroxyl groups is 1. The number of ketones is 2. The molecule has 7 nitrogen and oxygen atoms in total. The van der Waals surface area contributed by atoms with E-state index in [9.17, 15) is 14.4 Å². The fourth-order valence-corrected chi connectivity index (χ4v) is 2.50. The molecule has 0 fully saturated rings. The van der Waals surface area contributed by atoms with Crippen LogP contribution in [0.4, 0.5) is 0 Å². The van der Waals surface area contributed by atoms with E-state index in [4.69, 9.17) is 9.84 Å². The summed E-state index contributed by atoms with van der Waals surface area (Å²) < 4.78 is 5.08. The highest BCUT2D eigenvalue weighted by Crippen LogP contribution is 2.10. The summed E-state index contributed by atoms with van der Waals surface area (Å²) in [5.41, 5.74) is 2.02. The minimum Gasteiger partial charge on any atom is -0.394 e. The Kier molecular flexibility index (Phi) is 8.45. The summed E-state index contributed by atoms with van der Waals surface area (Å²) in [7, 11) is 0. The van der Waals surface area contributed by atoms with E-state index in [1.807, 2.05) is 12.1 Å². The van der Waals surface area contributed by atoms with Gasteiger partial charge in [0.25, 0.3) is 5.91 Å². The van der Waals surface area contributed by atoms with Crippen molar-refractivity contribution in [1.82, 2.24) is 10.3 Å². The molecule has 0 aliphatic carbocycles. The number of hydrogen-bond acceptors (Lipinski definition) is 6. The number of pyridine rings is 1. The minimum atomic E-state index is -0.208. The Balaban J connectivity index is 1.83. The molecule has 2 N–H and O–H groups in total. The third-order valence-corrected chi connectivity index (χ3v) is 4.02. The van der Waals surface area contributed by atoms with Crippen LogP contribution in [-0.2, 0) is 11.2 Å². The number of hydrogen-bond donors (Lipinski definition) is 2. The van der Waals surface area contributed by atoms with E-state index in [0.717, 1.165) is 5.56 Å².